The third kappa shape index (κ3) is 2.26. The fourth-order valence-electron chi connectivity index (χ4n) is 3.95. The van der Waals surface area contributed by atoms with E-state index >= 15 is 0 Å². The van der Waals surface area contributed by atoms with E-state index in [1.807, 2.05) is 24.0 Å². The van der Waals surface area contributed by atoms with Gasteiger partial charge in [0.1, 0.15) is 11.5 Å². The van der Waals surface area contributed by atoms with Crippen molar-refractivity contribution in [2.24, 2.45) is 11.8 Å². The standard InChI is InChI=1S/C16H18N8O/c1-10-18-20-14-2-3-15(21-24(10)14)22-6-11-8-23(9-12(11)7-22)16(25)13-4-5-17-19-13/h2-5,11-12H,6-9H2,1H3,(H,17,19). The second-order valence-corrected chi connectivity index (χ2v) is 6.81. The van der Waals surface area contributed by atoms with Gasteiger partial charge in [-0.15, -0.1) is 15.3 Å². The van der Waals surface area contributed by atoms with Crippen molar-refractivity contribution in [3.8, 4) is 0 Å². The number of fused-ring (bicyclic) bond motifs is 2. The Bertz CT molecular complexity index is 919. The number of hydrogen-bond donors (Lipinski definition) is 1. The zero-order valence-electron chi connectivity index (χ0n) is 13.8. The highest BCUT2D eigenvalue weighted by atomic mass is 16.2. The van der Waals surface area contributed by atoms with Gasteiger partial charge in [0, 0.05) is 44.2 Å². The Kier molecular flexibility index (Phi) is 3.03. The van der Waals surface area contributed by atoms with E-state index in [0.717, 1.165) is 43.5 Å². The van der Waals surface area contributed by atoms with Gasteiger partial charge in [-0.2, -0.15) is 9.61 Å². The average molecular weight is 338 g/mol. The predicted octanol–water partition coefficient (Wildman–Crippen LogP) is 0.364. The summed E-state index contributed by atoms with van der Waals surface area (Å²) in [5.74, 6) is 2.72. The zero-order valence-corrected chi connectivity index (χ0v) is 13.8. The molecule has 2 aliphatic heterocycles. The molecule has 0 radical (unpaired) electrons. The van der Waals surface area contributed by atoms with Crippen molar-refractivity contribution >= 4 is 17.4 Å². The number of aromatic nitrogens is 6. The summed E-state index contributed by atoms with van der Waals surface area (Å²) in [5, 5.41) is 19.4. The molecule has 1 N–H and O–H groups in total. The van der Waals surface area contributed by atoms with Crippen LogP contribution in [0, 0.1) is 18.8 Å². The lowest BCUT2D eigenvalue weighted by Crippen LogP contribution is -2.33. The van der Waals surface area contributed by atoms with Gasteiger partial charge in [0.2, 0.25) is 0 Å². The van der Waals surface area contributed by atoms with E-state index in [4.69, 9.17) is 0 Å². The lowest BCUT2D eigenvalue weighted by atomic mass is 10.0. The number of rotatable bonds is 2. The maximum Gasteiger partial charge on any atom is 0.271 e. The molecule has 2 aliphatic rings. The summed E-state index contributed by atoms with van der Waals surface area (Å²) in [6.45, 7) is 5.29. The van der Waals surface area contributed by atoms with Gasteiger partial charge >= 0.3 is 0 Å². The molecular weight excluding hydrogens is 320 g/mol. The summed E-state index contributed by atoms with van der Waals surface area (Å²) in [6, 6.07) is 5.67. The molecule has 5 heterocycles. The van der Waals surface area contributed by atoms with Gasteiger partial charge in [0.25, 0.3) is 5.91 Å². The van der Waals surface area contributed by atoms with Gasteiger partial charge in [-0.1, -0.05) is 0 Å². The Morgan fingerprint density at radius 3 is 2.64 bits per heavy atom. The first kappa shape index (κ1) is 14.4. The average Bonchev–Trinajstić information content (AvgIpc) is 3.37. The molecule has 0 bridgehead atoms. The number of anilines is 1. The van der Waals surface area contributed by atoms with Crippen LogP contribution in [0.15, 0.2) is 24.4 Å². The normalized spacial score (nSPS) is 22.8. The van der Waals surface area contributed by atoms with Gasteiger partial charge in [0.05, 0.1) is 0 Å². The number of aryl methyl sites for hydroxylation is 1. The molecule has 3 aromatic heterocycles. The molecular formula is C16H18N8O. The summed E-state index contributed by atoms with van der Waals surface area (Å²) < 4.78 is 1.78. The fourth-order valence-corrected chi connectivity index (χ4v) is 3.95. The summed E-state index contributed by atoms with van der Waals surface area (Å²) in [4.78, 5) is 16.7. The van der Waals surface area contributed by atoms with Crippen molar-refractivity contribution in [1.82, 2.24) is 34.9 Å². The van der Waals surface area contributed by atoms with Gasteiger partial charge in [-0.3, -0.25) is 9.89 Å². The summed E-state index contributed by atoms with van der Waals surface area (Å²) in [5.41, 5.74) is 1.32. The lowest BCUT2D eigenvalue weighted by Gasteiger charge is -2.22. The number of H-pyrrole nitrogens is 1. The van der Waals surface area contributed by atoms with Crippen molar-refractivity contribution in [1.29, 1.82) is 0 Å². The van der Waals surface area contributed by atoms with Crippen LogP contribution in [0.4, 0.5) is 5.82 Å². The molecule has 2 saturated heterocycles. The quantitative estimate of drug-likeness (QED) is 0.725. The summed E-state index contributed by atoms with van der Waals surface area (Å²) >= 11 is 0. The Morgan fingerprint density at radius 2 is 1.92 bits per heavy atom. The number of amides is 1. The molecule has 2 fully saturated rings. The van der Waals surface area contributed by atoms with E-state index in [0.29, 0.717) is 17.5 Å². The van der Waals surface area contributed by atoms with Crippen LogP contribution in [0.3, 0.4) is 0 Å². The Hall–Kier alpha value is -2.97. The van der Waals surface area contributed by atoms with Crippen LogP contribution in [0.1, 0.15) is 16.3 Å². The number of carbonyl (C=O) groups excluding carboxylic acids is 1. The molecule has 2 unspecified atom stereocenters. The number of likely N-dealkylation sites (tertiary alicyclic amines) is 1. The van der Waals surface area contributed by atoms with Crippen LogP contribution in [0.5, 0.6) is 0 Å². The Morgan fingerprint density at radius 1 is 1.12 bits per heavy atom. The SMILES string of the molecule is Cc1nnc2ccc(N3CC4CN(C(=O)c5ccn[nH]5)CC4C3)nn12. The van der Waals surface area contributed by atoms with Crippen molar-refractivity contribution in [2.45, 2.75) is 6.92 Å². The molecule has 0 saturated carbocycles. The van der Waals surface area contributed by atoms with E-state index in [9.17, 15) is 4.79 Å². The van der Waals surface area contributed by atoms with E-state index in [2.05, 4.69) is 30.4 Å². The molecule has 9 nitrogen and oxygen atoms in total. The minimum atomic E-state index is 0.0399. The van der Waals surface area contributed by atoms with Crippen LogP contribution in [0.2, 0.25) is 0 Å². The van der Waals surface area contributed by atoms with E-state index in [1.165, 1.54) is 0 Å². The monoisotopic (exact) mass is 338 g/mol. The number of aromatic amines is 1. The molecule has 9 heteroatoms. The second-order valence-electron chi connectivity index (χ2n) is 6.81. The van der Waals surface area contributed by atoms with Gasteiger partial charge in [0.15, 0.2) is 11.5 Å². The number of carbonyl (C=O) groups is 1. The van der Waals surface area contributed by atoms with Crippen molar-refractivity contribution in [3.05, 3.63) is 35.9 Å². The molecule has 0 spiro atoms. The number of nitrogens with zero attached hydrogens (tertiary/aromatic N) is 7. The van der Waals surface area contributed by atoms with Crippen molar-refractivity contribution in [2.75, 3.05) is 31.1 Å². The minimum Gasteiger partial charge on any atom is -0.354 e. The predicted molar refractivity (Wildman–Crippen MR) is 89.2 cm³/mol. The molecule has 5 rings (SSSR count). The zero-order chi connectivity index (χ0) is 17.0. The molecule has 0 aliphatic carbocycles. The van der Waals surface area contributed by atoms with Crippen LogP contribution in [-0.2, 0) is 0 Å². The van der Waals surface area contributed by atoms with Gasteiger partial charge < -0.3 is 9.80 Å². The number of hydrogen-bond acceptors (Lipinski definition) is 6. The molecule has 3 aromatic rings. The van der Waals surface area contributed by atoms with E-state index in [-0.39, 0.29) is 5.91 Å². The highest BCUT2D eigenvalue weighted by Gasteiger charge is 2.42. The minimum absolute atomic E-state index is 0.0399. The maximum absolute atomic E-state index is 12.5. The van der Waals surface area contributed by atoms with Crippen molar-refractivity contribution in [3.63, 3.8) is 0 Å². The van der Waals surface area contributed by atoms with E-state index in [1.54, 1.807) is 16.8 Å². The molecule has 2 atom stereocenters. The Labute approximate surface area is 143 Å². The smallest absolute Gasteiger partial charge is 0.271 e. The summed E-state index contributed by atoms with van der Waals surface area (Å²) in [7, 11) is 0. The second kappa shape index (κ2) is 5.27. The topological polar surface area (TPSA) is 95.3 Å². The first-order valence-corrected chi connectivity index (χ1v) is 8.42. The number of nitrogens with one attached hydrogen (secondary N) is 1. The van der Waals surface area contributed by atoms with Gasteiger partial charge in [-0.25, -0.2) is 0 Å². The van der Waals surface area contributed by atoms with Crippen LogP contribution >= 0.6 is 0 Å². The highest BCUT2D eigenvalue weighted by molar-refractivity contribution is 5.92. The molecule has 25 heavy (non-hydrogen) atoms. The first-order chi connectivity index (χ1) is 12.2. The summed E-state index contributed by atoms with van der Waals surface area (Å²) in [6.07, 6.45) is 1.61. The van der Waals surface area contributed by atoms with Crippen LogP contribution < -0.4 is 4.90 Å². The third-order valence-corrected chi connectivity index (χ3v) is 5.23. The molecule has 1 amide bonds. The largest absolute Gasteiger partial charge is 0.354 e. The van der Waals surface area contributed by atoms with Crippen molar-refractivity contribution < 1.29 is 4.79 Å². The molecule has 0 aromatic carbocycles. The lowest BCUT2D eigenvalue weighted by molar-refractivity contribution is 0.0776. The van der Waals surface area contributed by atoms with Crippen LogP contribution in [0.25, 0.3) is 5.65 Å². The molecule has 128 valence electrons. The fraction of sp³-hybridized carbons (Fsp3) is 0.438. The van der Waals surface area contributed by atoms with Crippen LogP contribution in [-0.4, -0.2) is 67.0 Å². The van der Waals surface area contributed by atoms with Gasteiger partial charge in [-0.05, 0) is 25.1 Å². The highest BCUT2D eigenvalue weighted by Crippen LogP contribution is 2.33. The first-order valence-electron chi connectivity index (χ1n) is 8.42. The van der Waals surface area contributed by atoms with E-state index < -0.39 is 0 Å². The third-order valence-electron chi connectivity index (χ3n) is 5.23. The maximum atomic E-state index is 12.5. The Balaban J connectivity index is 1.31.